The van der Waals surface area contributed by atoms with E-state index in [1.807, 2.05) is 12.3 Å². The summed E-state index contributed by atoms with van der Waals surface area (Å²) in [5.41, 5.74) is 1.22. The number of hydrogen-bond donors (Lipinski definition) is 1. The Bertz CT molecular complexity index is 466. The van der Waals surface area contributed by atoms with Gasteiger partial charge in [-0.3, -0.25) is 0 Å². The van der Waals surface area contributed by atoms with Crippen LogP contribution in [0.1, 0.15) is 45.3 Å². The molecule has 0 saturated heterocycles. The monoisotopic (exact) mass is 286 g/mol. The molecule has 0 radical (unpaired) electrons. The molecule has 0 fully saturated rings. The zero-order valence-corrected chi connectivity index (χ0v) is 13.0. The molecule has 5 heteroatoms. The molecule has 1 heterocycles. The SMILES string of the molecule is CCCNC(C)c1cccn1CCCS(=O)(=O)CC. The largest absolute Gasteiger partial charge is 0.350 e. The van der Waals surface area contributed by atoms with Gasteiger partial charge in [-0.05, 0) is 38.4 Å². The molecule has 1 aromatic heterocycles. The van der Waals surface area contributed by atoms with Crippen LogP contribution in [0, 0.1) is 0 Å². The number of sulfone groups is 1. The Morgan fingerprint density at radius 1 is 1.37 bits per heavy atom. The molecule has 0 aliphatic heterocycles. The second kappa shape index (κ2) is 7.70. The Labute approximate surface area is 117 Å². The van der Waals surface area contributed by atoms with Crippen LogP contribution in [-0.2, 0) is 16.4 Å². The van der Waals surface area contributed by atoms with Gasteiger partial charge in [0.15, 0.2) is 0 Å². The number of hydrogen-bond acceptors (Lipinski definition) is 3. The second-order valence-corrected chi connectivity index (χ2v) is 7.36. The van der Waals surface area contributed by atoms with Crippen LogP contribution in [0.5, 0.6) is 0 Å². The van der Waals surface area contributed by atoms with Crippen molar-refractivity contribution in [2.45, 2.75) is 46.2 Å². The molecule has 0 aliphatic carbocycles. The Balaban J connectivity index is 2.53. The Kier molecular flexibility index (Phi) is 6.58. The summed E-state index contributed by atoms with van der Waals surface area (Å²) in [4.78, 5) is 0. The summed E-state index contributed by atoms with van der Waals surface area (Å²) in [6.45, 7) is 7.75. The van der Waals surface area contributed by atoms with Crippen molar-refractivity contribution in [1.82, 2.24) is 9.88 Å². The van der Waals surface area contributed by atoms with Gasteiger partial charge < -0.3 is 9.88 Å². The summed E-state index contributed by atoms with van der Waals surface area (Å²) in [6, 6.07) is 4.42. The molecule has 1 N–H and O–H groups in total. The van der Waals surface area contributed by atoms with E-state index >= 15 is 0 Å². The van der Waals surface area contributed by atoms with E-state index in [-0.39, 0.29) is 11.5 Å². The molecule has 110 valence electrons. The Morgan fingerprint density at radius 2 is 2.11 bits per heavy atom. The van der Waals surface area contributed by atoms with E-state index in [2.05, 4.69) is 29.8 Å². The molecular weight excluding hydrogens is 260 g/mol. The number of rotatable bonds is 9. The number of aryl methyl sites for hydroxylation is 1. The van der Waals surface area contributed by atoms with Crippen LogP contribution in [0.3, 0.4) is 0 Å². The zero-order valence-electron chi connectivity index (χ0n) is 12.2. The topological polar surface area (TPSA) is 51.1 Å². The highest BCUT2D eigenvalue weighted by Crippen LogP contribution is 2.14. The van der Waals surface area contributed by atoms with E-state index < -0.39 is 9.84 Å². The predicted octanol–water partition coefficient (Wildman–Crippen LogP) is 2.37. The second-order valence-electron chi connectivity index (χ2n) is 4.89. The first-order valence-electron chi connectivity index (χ1n) is 7.09. The smallest absolute Gasteiger partial charge is 0.150 e. The quantitative estimate of drug-likeness (QED) is 0.758. The van der Waals surface area contributed by atoms with Gasteiger partial charge >= 0.3 is 0 Å². The first kappa shape index (κ1) is 16.2. The minimum Gasteiger partial charge on any atom is -0.350 e. The molecule has 0 spiro atoms. The molecule has 1 unspecified atom stereocenters. The lowest BCUT2D eigenvalue weighted by molar-refractivity contribution is 0.520. The van der Waals surface area contributed by atoms with Crippen molar-refractivity contribution >= 4 is 9.84 Å². The minimum atomic E-state index is -2.85. The first-order chi connectivity index (χ1) is 9.00. The van der Waals surface area contributed by atoms with Crippen LogP contribution in [-0.4, -0.2) is 31.0 Å². The van der Waals surface area contributed by atoms with Crippen molar-refractivity contribution in [2.75, 3.05) is 18.1 Å². The molecule has 0 aliphatic rings. The van der Waals surface area contributed by atoms with Crippen LogP contribution in [0.2, 0.25) is 0 Å². The van der Waals surface area contributed by atoms with Gasteiger partial charge in [0, 0.05) is 30.2 Å². The van der Waals surface area contributed by atoms with Crippen molar-refractivity contribution in [3.05, 3.63) is 24.0 Å². The van der Waals surface area contributed by atoms with Gasteiger partial charge in [-0.2, -0.15) is 0 Å². The lowest BCUT2D eigenvalue weighted by atomic mass is 10.2. The molecule has 4 nitrogen and oxygen atoms in total. The normalized spacial score (nSPS) is 13.6. The van der Waals surface area contributed by atoms with Crippen molar-refractivity contribution in [1.29, 1.82) is 0 Å². The van der Waals surface area contributed by atoms with Gasteiger partial charge in [-0.15, -0.1) is 0 Å². The van der Waals surface area contributed by atoms with Gasteiger partial charge in [-0.25, -0.2) is 8.42 Å². The summed E-state index contributed by atoms with van der Waals surface area (Å²) in [5, 5.41) is 3.45. The fraction of sp³-hybridized carbons (Fsp3) is 0.714. The van der Waals surface area contributed by atoms with Gasteiger partial charge in [-0.1, -0.05) is 13.8 Å². The molecule has 0 aromatic carbocycles. The average Bonchev–Trinajstić information content (AvgIpc) is 2.84. The van der Waals surface area contributed by atoms with Crippen molar-refractivity contribution in [2.24, 2.45) is 0 Å². The van der Waals surface area contributed by atoms with Crippen LogP contribution >= 0.6 is 0 Å². The third-order valence-electron chi connectivity index (χ3n) is 3.30. The van der Waals surface area contributed by atoms with E-state index in [1.54, 1.807) is 6.92 Å². The number of nitrogens with zero attached hydrogens (tertiary/aromatic N) is 1. The lowest BCUT2D eigenvalue weighted by Gasteiger charge is -2.17. The Morgan fingerprint density at radius 3 is 2.74 bits per heavy atom. The van der Waals surface area contributed by atoms with Gasteiger partial charge in [0.1, 0.15) is 9.84 Å². The third-order valence-corrected chi connectivity index (χ3v) is 5.09. The van der Waals surface area contributed by atoms with Crippen LogP contribution in [0.4, 0.5) is 0 Å². The number of aromatic nitrogens is 1. The summed E-state index contributed by atoms with van der Waals surface area (Å²) in [5.74, 6) is 0.512. The summed E-state index contributed by atoms with van der Waals surface area (Å²) in [6.07, 6.45) is 3.82. The molecule has 1 atom stereocenters. The van der Waals surface area contributed by atoms with Crippen molar-refractivity contribution in [3.63, 3.8) is 0 Å². The highest BCUT2D eigenvalue weighted by atomic mass is 32.2. The molecule has 1 rings (SSSR count). The first-order valence-corrected chi connectivity index (χ1v) is 8.91. The highest BCUT2D eigenvalue weighted by Gasteiger charge is 2.11. The Hall–Kier alpha value is -0.810. The van der Waals surface area contributed by atoms with E-state index in [0.29, 0.717) is 12.5 Å². The van der Waals surface area contributed by atoms with E-state index in [1.165, 1.54) is 5.69 Å². The molecular formula is C14H26N2O2S. The maximum Gasteiger partial charge on any atom is 0.150 e. The summed E-state index contributed by atoms with van der Waals surface area (Å²) < 4.78 is 25.1. The molecule has 0 bridgehead atoms. The standard InChI is InChI=1S/C14H26N2O2S/c1-4-9-15-13(3)14-8-6-10-16(14)11-7-12-19(17,18)5-2/h6,8,10,13,15H,4-5,7,9,11-12H2,1-3H3. The van der Waals surface area contributed by atoms with Crippen LogP contribution in [0.15, 0.2) is 18.3 Å². The van der Waals surface area contributed by atoms with Crippen molar-refractivity contribution < 1.29 is 8.42 Å². The highest BCUT2D eigenvalue weighted by molar-refractivity contribution is 7.91. The fourth-order valence-corrected chi connectivity index (χ4v) is 2.95. The van der Waals surface area contributed by atoms with Gasteiger partial charge in [0.05, 0.1) is 5.75 Å². The third kappa shape index (κ3) is 5.37. The van der Waals surface area contributed by atoms with Gasteiger partial charge in [0.25, 0.3) is 0 Å². The molecule has 19 heavy (non-hydrogen) atoms. The van der Waals surface area contributed by atoms with E-state index in [9.17, 15) is 8.42 Å². The van der Waals surface area contributed by atoms with Crippen LogP contribution < -0.4 is 5.32 Å². The van der Waals surface area contributed by atoms with Crippen LogP contribution in [0.25, 0.3) is 0 Å². The average molecular weight is 286 g/mol. The van der Waals surface area contributed by atoms with Crippen molar-refractivity contribution in [3.8, 4) is 0 Å². The molecule has 1 aromatic rings. The van der Waals surface area contributed by atoms with E-state index in [0.717, 1.165) is 19.5 Å². The maximum atomic E-state index is 11.5. The zero-order chi connectivity index (χ0) is 14.3. The van der Waals surface area contributed by atoms with Gasteiger partial charge in [0.2, 0.25) is 0 Å². The lowest BCUT2D eigenvalue weighted by Crippen LogP contribution is -2.22. The van der Waals surface area contributed by atoms with E-state index in [4.69, 9.17) is 0 Å². The molecule has 0 amide bonds. The minimum absolute atomic E-state index is 0.236. The molecule has 0 saturated carbocycles. The number of nitrogens with one attached hydrogen (secondary N) is 1. The summed E-state index contributed by atoms with van der Waals surface area (Å²) in [7, 11) is -2.85. The predicted molar refractivity (Wildman–Crippen MR) is 80.1 cm³/mol. The maximum absolute atomic E-state index is 11.5. The fourth-order valence-electron chi connectivity index (χ4n) is 2.09. The summed E-state index contributed by atoms with van der Waals surface area (Å²) >= 11 is 0.